The maximum atomic E-state index is 11.1. The highest BCUT2D eigenvalue weighted by atomic mass is 16.5. The minimum atomic E-state index is 0.0257. The van der Waals surface area contributed by atoms with Gasteiger partial charge in [-0.2, -0.15) is 0 Å². The Hall–Kier alpha value is -1.55. The van der Waals surface area contributed by atoms with Crippen molar-refractivity contribution in [1.29, 1.82) is 0 Å². The standard InChI is InChI=1S/C15H22N2O2/c1-12(18)16-11-15(17-9-3-4-10-17)13-5-7-14(19-2)8-6-13/h5-8,15H,3-4,9-11H2,1-2H3,(H,16,18)/t15-/m0/s1. The molecule has 1 fully saturated rings. The lowest BCUT2D eigenvalue weighted by Gasteiger charge is -2.28. The van der Waals surface area contributed by atoms with E-state index < -0.39 is 0 Å². The first-order valence-corrected chi connectivity index (χ1v) is 6.83. The highest BCUT2D eigenvalue weighted by Gasteiger charge is 2.23. The number of ether oxygens (including phenoxy) is 1. The smallest absolute Gasteiger partial charge is 0.216 e. The number of methoxy groups -OCH3 is 1. The quantitative estimate of drug-likeness (QED) is 0.882. The summed E-state index contributed by atoms with van der Waals surface area (Å²) in [7, 11) is 1.67. The molecule has 1 aliphatic heterocycles. The summed E-state index contributed by atoms with van der Waals surface area (Å²) in [5.74, 6) is 0.890. The van der Waals surface area contributed by atoms with Crippen LogP contribution in [0.5, 0.6) is 5.75 Å². The van der Waals surface area contributed by atoms with Crippen molar-refractivity contribution < 1.29 is 9.53 Å². The molecule has 0 spiro atoms. The van der Waals surface area contributed by atoms with Crippen LogP contribution in [0, 0.1) is 0 Å². The number of benzene rings is 1. The molecule has 1 atom stereocenters. The van der Waals surface area contributed by atoms with E-state index in [4.69, 9.17) is 4.74 Å². The number of nitrogens with one attached hydrogen (secondary N) is 1. The van der Waals surface area contributed by atoms with Crippen molar-refractivity contribution in [2.24, 2.45) is 0 Å². The highest BCUT2D eigenvalue weighted by molar-refractivity contribution is 5.72. The molecule has 1 aromatic carbocycles. The molecule has 0 saturated carbocycles. The fourth-order valence-electron chi connectivity index (χ4n) is 2.58. The van der Waals surface area contributed by atoms with Gasteiger partial charge in [0.05, 0.1) is 13.2 Å². The number of likely N-dealkylation sites (tertiary alicyclic amines) is 1. The lowest BCUT2D eigenvalue weighted by molar-refractivity contribution is -0.119. The zero-order valence-electron chi connectivity index (χ0n) is 11.7. The molecule has 104 valence electrons. The number of carbonyl (C=O) groups is 1. The van der Waals surface area contributed by atoms with E-state index in [2.05, 4.69) is 22.3 Å². The van der Waals surface area contributed by atoms with Gasteiger partial charge in [-0.05, 0) is 43.6 Å². The van der Waals surface area contributed by atoms with Gasteiger partial charge in [0.15, 0.2) is 0 Å². The second kappa shape index (κ2) is 6.57. The third kappa shape index (κ3) is 3.70. The van der Waals surface area contributed by atoms with Crippen LogP contribution in [-0.4, -0.2) is 37.6 Å². The SMILES string of the molecule is COc1ccc([C@H](CNC(C)=O)N2CCCC2)cc1. The molecular weight excluding hydrogens is 240 g/mol. The first-order chi connectivity index (χ1) is 9.20. The minimum absolute atomic E-state index is 0.0257. The van der Waals surface area contributed by atoms with Crippen molar-refractivity contribution in [2.45, 2.75) is 25.8 Å². The van der Waals surface area contributed by atoms with Crippen molar-refractivity contribution in [3.63, 3.8) is 0 Å². The second-order valence-electron chi connectivity index (χ2n) is 4.97. The molecule has 19 heavy (non-hydrogen) atoms. The summed E-state index contributed by atoms with van der Waals surface area (Å²) in [6, 6.07) is 8.39. The molecule has 0 bridgehead atoms. The van der Waals surface area contributed by atoms with Crippen LogP contribution in [0.25, 0.3) is 0 Å². The molecule has 0 unspecified atom stereocenters. The Morgan fingerprint density at radius 2 is 1.95 bits per heavy atom. The van der Waals surface area contributed by atoms with E-state index in [1.807, 2.05) is 12.1 Å². The van der Waals surface area contributed by atoms with Crippen LogP contribution in [0.15, 0.2) is 24.3 Å². The van der Waals surface area contributed by atoms with Crippen LogP contribution in [0.3, 0.4) is 0 Å². The molecule has 1 aromatic rings. The van der Waals surface area contributed by atoms with Gasteiger partial charge in [0.1, 0.15) is 5.75 Å². The van der Waals surface area contributed by atoms with Crippen LogP contribution < -0.4 is 10.1 Å². The Bertz CT molecular complexity index is 411. The van der Waals surface area contributed by atoms with Gasteiger partial charge in [-0.25, -0.2) is 0 Å². The molecule has 4 heteroatoms. The predicted molar refractivity (Wildman–Crippen MR) is 75.2 cm³/mol. The molecule has 0 aromatic heterocycles. The molecule has 0 radical (unpaired) electrons. The van der Waals surface area contributed by atoms with Crippen LogP contribution in [0.1, 0.15) is 31.4 Å². The number of hydrogen-bond donors (Lipinski definition) is 1. The van der Waals surface area contributed by atoms with Gasteiger partial charge in [0.25, 0.3) is 0 Å². The summed E-state index contributed by atoms with van der Waals surface area (Å²) in [6.45, 7) is 4.45. The Morgan fingerprint density at radius 1 is 1.32 bits per heavy atom. The first-order valence-electron chi connectivity index (χ1n) is 6.83. The normalized spacial score (nSPS) is 17.2. The number of nitrogens with zero attached hydrogens (tertiary/aromatic N) is 1. The fourth-order valence-corrected chi connectivity index (χ4v) is 2.58. The summed E-state index contributed by atoms with van der Waals surface area (Å²) in [5.41, 5.74) is 1.23. The van der Waals surface area contributed by atoms with Gasteiger partial charge in [-0.15, -0.1) is 0 Å². The van der Waals surface area contributed by atoms with Crippen LogP contribution in [-0.2, 0) is 4.79 Å². The lowest BCUT2D eigenvalue weighted by atomic mass is 10.1. The van der Waals surface area contributed by atoms with Gasteiger partial charge < -0.3 is 10.1 Å². The summed E-state index contributed by atoms with van der Waals surface area (Å²) >= 11 is 0. The average molecular weight is 262 g/mol. The summed E-state index contributed by atoms with van der Waals surface area (Å²) in [5, 5.41) is 2.94. The summed E-state index contributed by atoms with van der Waals surface area (Å²) in [6.07, 6.45) is 2.49. The van der Waals surface area contributed by atoms with E-state index >= 15 is 0 Å². The van der Waals surface area contributed by atoms with Gasteiger partial charge >= 0.3 is 0 Å². The molecule has 0 aliphatic carbocycles. The first kappa shape index (κ1) is 13.9. The largest absolute Gasteiger partial charge is 0.497 e. The maximum absolute atomic E-state index is 11.1. The average Bonchev–Trinajstić information content (AvgIpc) is 2.93. The Labute approximate surface area is 114 Å². The van der Waals surface area contributed by atoms with Crippen LogP contribution >= 0.6 is 0 Å². The second-order valence-corrected chi connectivity index (χ2v) is 4.97. The molecule has 1 aliphatic rings. The van der Waals surface area contributed by atoms with Crippen LogP contribution in [0.4, 0.5) is 0 Å². The maximum Gasteiger partial charge on any atom is 0.216 e. The minimum Gasteiger partial charge on any atom is -0.497 e. The number of amides is 1. The van der Waals surface area contributed by atoms with Gasteiger partial charge in [0, 0.05) is 13.5 Å². The molecule has 1 N–H and O–H groups in total. The van der Waals surface area contributed by atoms with Crippen molar-refractivity contribution in [1.82, 2.24) is 10.2 Å². The molecule has 1 heterocycles. The topological polar surface area (TPSA) is 41.6 Å². The molecular formula is C15H22N2O2. The number of hydrogen-bond acceptors (Lipinski definition) is 3. The van der Waals surface area contributed by atoms with E-state index in [-0.39, 0.29) is 11.9 Å². The predicted octanol–water partition coefficient (Wildman–Crippen LogP) is 1.97. The van der Waals surface area contributed by atoms with E-state index in [1.54, 1.807) is 14.0 Å². The Kier molecular flexibility index (Phi) is 4.80. The zero-order valence-corrected chi connectivity index (χ0v) is 11.7. The molecule has 1 amide bonds. The van der Waals surface area contributed by atoms with E-state index in [0.29, 0.717) is 6.54 Å². The zero-order chi connectivity index (χ0) is 13.7. The van der Waals surface area contributed by atoms with Crippen LogP contribution in [0.2, 0.25) is 0 Å². The molecule has 1 saturated heterocycles. The van der Waals surface area contributed by atoms with E-state index in [0.717, 1.165) is 18.8 Å². The van der Waals surface area contributed by atoms with Gasteiger partial charge in [-0.3, -0.25) is 9.69 Å². The van der Waals surface area contributed by atoms with Gasteiger partial charge in [0.2, 0.25) is 5.91 Å². The van der Waals surface area contributed by atoms with Crippen molar-refractivity contribution in [3.8, 4) is 5.75 Å². The number of carbonyl (C=O) groups excluding carboxylic acids is 1. The monoisotopic (exact) mass is 262 g/mol. The Morgan fingerprint density at radius 3 is 2.47 bits per heavy atom. The molecule has 4 nitrogen and oxygen atoms in total. The number of rotatable bonds is 5. The van der Waals surface area contributed by atoms with Gasteiger partial charge in [-0.1, -0.05) is 12.1 Å². The van der Waals surface area contributed by atoms with E-state index in [1.165, 1.54) is 18.4 Å². The third-order valence-corrected chi connectivity index (χ3v) is 3.63. The summed E-state index contributed by atoms with van der Waals surface area (Å²) in [4.78, 5) is 13.6. The van der Waals surface area contributed by atoms with Crippen molar-refractivity contribution in [2.75, 3.05) is 26.7 Å². The highest BCUT2D eigenvalue weighted by Crippen LogP contribution is 2.26. The summed E-state index contributed by atoms with van der Waals surface area (Å²) < 4.78 is 5.19. The van der Waals surface area contributed by atoms with Crippen molar-refractivity contribution >= 4 is 5.91 Å². The molecule has 2 rings (SSSR count). The lowest BCUT2D eigenvalue weighted by Crippen LogP contribution is -2.35. The van der Waals surface area contributed by atoms with Crippen molar-refractivity contribution in [3.05, 3.63) is 29.8 Å². The fraction of sp³-hybridized carbons (Fsp3) is 0.533. The van der Waals surface area contributed by atoms with E-state index in [9.17, 15) is 4.79 Å². The Balaban J connectivity index is 2.11. The third-order valence-electron chi connectivity index (χ3n) is 3.63.